The van der Waals surface area contributed by atoms with Crippen LogP contribution in [0.15, 0.2) is 71.6 Å². The SMILES string of the molecule is Cc1cc(C)cc(N([C@H](C)C(=O)Nc2ccc(S(=O)(=O)Nc3cccc(Cl)c3)cc2)S(C)(=O)=O)c1. The van der Waals surface area contributed by atoms with Crippen molar-refractivity contribution in [3.63, 3.8) is 0 Å². The van der Waals surface area contributed by atoms with E-state index >= 15 is 0 Å². The average molecular weight is 536 g/mol. The van der Waals surface area contributed by atoms with Gasteiger partial charge in [-0.25, -0.2) is 16.8 Å². The van der Waals surface area contributed by atoms with Gasteiger partial charge >= 0.3 is 0 Å². The number of anilines is 3. The Morgan fingerprint density at radius 1 is 0.886 bits per heavy atom. The van der Waals surface area contributed by atoms with Crippen molar-refractivity contribution in [2.75, 3.05) is 20.6 Å². The van der Waals surface area contributed by atoms with Gasteiger partial charge in [0.1, 0.15) is 6.04 Å². The summed E-state index contributed by atoms with van der Waals surface area (Å²) in [5.74, 6) is -0.567. The highest BCUT2D eigenvalue weighted by Gasteiger charge is 2.29. The number of nitrogens with zero attached hydrogens (tertiary/aromatic N) is 1. The molecule has 0 aliphatic rings. The molecule has 35 heavy (non-hydrogen) atoms. The van der Waals surface area contributed by atoms with Gasteiger partial charge in [0.2, 0.25) is 15.9 Å². The Kier molecular flexibility index (Phi) is 7.78. The van der Waals surface area contributed by atoms with Gasteiger partial charge in [0.05, 0.1) is 22.5 Å². The largest absolute Gasteiger partial charge is 0.324 e. The number of halogens is 1. The number of sulfonamides is 2. The van der Waals surface area contributed by atoms with E-state index in [0.717, 1.165) is 21.7 Å². The van der Waals surface area contributed by atoms with Crippen LogP contribution < -0.4 is 14.3 Å². The summed E-state index contributed by atoms with van der Waals surface area (Å²) >= 11 is 5.90. The lowest BCUT2D eigenvalue weighted by Crippen LogP contribution is -2.45. The number of carbonyl (C=O) groups excluding carboxylic acids is 1. The Bertz CT molecular complexity index is 1440. The summed E-state index contributed by atoms with van der Waals surface area (Å²) in [7, 11) is -7.65. The van der Waals surface area contributed by atoms with Gasteiger partial charge in [-0.05, 0) is 86.5 Å². The molecule has 0 spiro atoms. The Morgan fingerprint density at radius 3 is 2.03 bits per heavy atom. The predicted octanol–water partition coefficient (Wildman–Crippen LogP) is 4.55. The minimum absolute atomic E-state index is 0.0171. The fourth-order valence-electron chi connectivity index (χ4n) is 3.62. The molecule has 0 aliphatic carbocycles. The van der Waals surface area contributed by atoms with Crippen LogP contribution >= 0.6 is 11.6 Å². The normalized spacial score (nSPS) is 12.6. The third-order valence-corrected chi connectivity index (χ3v) is 7.93. The van der Waals surface area contributed by atoms with Gasteiger partial charge in [-0.3, -0.25) is 13.8 Å². The van der Waals surface area contributed by atoms with E-state index in [9.17, 15) is 21.6 Å². The number of hydrogen-bond donors (Lipinski definition) is 2. The van der Waals surface area contributed by atoms with Crippen molar-refractivity contribution in [3.8, 4) is 0 Å². The summed E-state index contributed by atoms with van der Waals surface area (Å²) < 4.78 is 53.9. The van der Waals surface area contributed by atoms with E-state index < -0.39 is 32.0 Å². The van der Waals surface area contributed by atoms with E-state index in [1.165, 1.54) is 37.3 Å². The van der Waals surface area contributed by atoms with E-state index in [2.05, 4.69) is 10.0 Å². The lowest BCUT2D eigenvalue weighted by Gasteiger charge is -2.28. The maximum Gasteiger partial charge on any atom is 0.261 e. The van der Waals surface area contributed by atoms with Crippen LogP contribution in [-0.4, -0.2) is 35.0 Å². The zero-order valence-electron chi connectivity index (χ0n) is 19.6. The van der Waals surface area contributed by atoms with Crippen molar-refractivity contribution >= 4 is 54.6 Å². The minimum atomic E-state index is -3.88. The van der Waals surface area contributed by atoms with Crippen LogP contribution in [-0.2, 0) is 24.8 Å². The smallest absolute Gasteiger partial charge is 0.261 e. The summed E-state index contributed by atoms with van der Waals surface area (Å²) in [5.41, 5.74) is 2.75. The van der Waals surface area contributed by atoms with E-state index in [1.807, 2.05) is 19.9 Å². The molecule has 1 atom stereocenters. The quantitative estimate of drug-likeness (QED) is 0.439. The molecule has 0 radical (unpaired) electrons. The first-order valence-corrected chi connectivity index (χ1v) is 14.2. The van der Waals surface area contributed by atoms with Crippen LogP contribution in [0.5, 0.6) is 0 Å². The summed E-state index contributed by atoms with van der Waals surface area (Å²) in [4.78, 5) is 12.9. The molecule has 0 saturated heterocycles. The minimum Gasteiger partial charge on any atom is -0.324 e. The van der Waals surface area contributed by atoms with Gasteiger partial charge in [-0.1, -0.05) is 23.7 Å². The number of nitrogens with one attached hydrogen (secondary N) is 2. The first kappa shape index (κ1) is 26.5. The molecule has 0 fully saturated rings. The van der Waals surface area contributed by atoms with E-state index in [1.54, 1.807) is 30.3 Å². The van der Waals surface area contributed by atoms with Gasteiger partial charge in [0, 0.05) is 10.7 Å². The molecule has 0 aromatic heterocycles. The third-order valence-electron chi connectivity index (χ3n) is 5.06. The Labute approximate surface area is 211 Å². The van der Waals surface area contributed by atoms with Crippen LogP contribution in [0.2, 0.25) is 5.02 Å². The first-order valence-electron chi connectivity index (χ1n) is 10.5. The van der Waals surface area contributed by atoms with Crippen molar-refractivity contribution in [1.82, 2.24) is 0 Å². The molecule has 3 aromatic rings. The van der Waals surface area contributed by atoms with Crippen LogP contribution in [0, 0.1) is 13.8 Å². The second kappa shape index (κ2) is 10.3. The van der Waals surface area contributed by atoms with E-state index in [-0.39, 0.29) is 4.90 Å². The topological polar surface area (TPSA) is 113 Å². The number of carbonyl (C=O) groups is 1. The van der Waals surface area contributed by atoms with Gasteiger partial charge in [0.25, 0.3) is 10.0 Å². The number of amides is 1. The maximum atomic E-state index is 12.9. The van der Waals surface area contributed by atoms with Crippen molar-refractivity contribution < 1.29 is 21.6 Å². The number of benzene rings is 3. The summed E-state index contributed by atoms with van der Waals surface area (Å²) in [6, 6.07) is 16.1. The summed E-state index contributed by atoms with van der Waals surface area (Å²) in [6.07, 6.45) is 1.04. The lowest BCUT2D eigenvalue weighted by atomic mass is 10.1. The number of hydrogen-bond acceptors (Lipinski definition) is 5. The second-order valence-electron chi connectivity index (χ2n) is 8.21. The van der Waals surface area contributed by atoms with Crippen LogP contribution in [0.3, 0.4) is 0 Å². The van der Waals surface area contributed by atoms with Gasteiger partial charge in [0.15, 0.2) is 0 Å². The number of aryl methyl sites for hydroxylation is 2. The van der Waals surface area contributed by atoms with Crippen molar-refractivity contribution in [2.45, 2.75) is 31.7 Å². The zero-order valence-corrected chi connectivity index (χ0v) is 22.0. The molecular formula is C24H26ClN3O5S2. The van der Waals surface area contributed by atoms with Crippen molar-refractivity contribution in [2.24, 2.45) is 0 Å². The maximum absolute atomic E-state index is 12.9. The van der Waals surface area contributed by atoms with Crippen LogP contribution in [0.4, 0.5) is 17.1 Å². The van der Waals surface area contributed by atoms with Crippen molar-refractivity contribution in [3.05, 3.63) is 82.9 Å². The molecule has 0 unspecified atom stereocenters. The van der Waals surface area contributed by atoms with Gasteiger partial charge in [-0.15, -0.1) is 0 Å². The molecule has 0 bridgehead atoms. The highest BCUT2D eigenvalue weighted by molar-refractivity contribution is 7.92. The molecule has 0 aliphatic heterocycles. The molecule has 186 valence electrons. The second-order valence-corrected chi connectivity index (χ2v) is 12.2. The standard InChI is InChI=1S/C24H26ClN3O5S2/c1-16-12-17(2)14-22(13-16)28(34(4,30)31)18(3)24(29)26-20-8-10-23(11-9-20)35(32,33)27-21-7-5-6-19(25)15-21/h5-15,18,27H,1-4H3,(H,26,29)/t18-/m1/s1. The van der Waals surface area contributed by atoms with Crippen molar-refractivity contribution in [1.29, 1.82) is 0 Å². The molecule has 8 nitrogen and oxygen atoms in total. The van der Waals surface area contributed by atoms with E-state index in [4.69, 9.17) is 11.6 Å². The molecule has 3 rings (SSSR count). The zero-order chi connectivity index (χ0) is 26.0. The lowest BCUT2D eigenvalue weighted by molar-refractivity contribution is -0.116. The Balaban J connectivity index is 1.78. The molecule has 2 N–H and O–H groups in total. The third kappa shape index (κ3) is 6.74. The van der Waals surface area contributed by atoms with Gasteiger partial charge in [-0.2, -0.15) is 0 Å². The summed E-state index contributed by atoms with van der Waals surface area (Å²) in [6.45, 7) is 5.18. The molecular weight excluding hydrogens is 510 g/mol. The van der Waals surface area contributed by atoms with E-state index in [0.29, 0.717) is 22.1 Å². The summed E-state index contributed by atoms with van der Waals surface area (Å²) in [5, 5.41) is 3.04. The molecule has 1 amide bonds. The fourth-order valence-corrected chi connectivity index (χ4v) is 6.02. The molecule has 11 heteroatoms. The molecule has 3 aromatic carbocycles. The first-order chi connectivity index (χ1) is 16.3. The highest BCUT2D eigenvalue weighted by Crippen LogP contribution is 2.25. The number of rotatable bonds is 8. The monoisotopic (exact) mass is 535 g/mol. The predicted molar refractivity (Wildman–Crippen MR) is 140 cm³/mol. The Hall–Kier alpha value is -3.08. The average Bonchev–Trinajstić information content (AvgIpc) is 2.72. The van der Waals surface area contributed by atoms with Crippen LogP contribution in [0.1, 0.15) is 18.1 Å². The molecule has 0 heterocycles. The Morgan fingerprint density at radius 2 is 1.49 bits per heavy atom. The highest BCUT2D eigenvalue weighted by atomic mass is 35.5. The fraction of sp³-hybridized carbons (Fsp3) is 0.208. The molecule has 0 saturated carbocycles. The van der Waals surface area contributed by atoms with Crippen LogP contribution in [0.25, 0.3) is 0 Å². The van der Waals surface area contributed by atoms with Gasteiger partial charge < -0.3 is 5.32 Å².